The average Bonchev–Trinajstić information content (AvgIpc) is 2.83. The van der Waals surface area contributed by atoms with Crippen molar-refractivity contribution in [2.24, 2.45) is 0 Å². The molecule has 1 aliphatic rings. The Kier molecular flexibility index (Phi) is 6.01. The molecule has 0 radical (unpaired) electrons. The van der Waals surface area contributed by atoms with Gasteiger partial charge in [0.05, 0.1) is 18.9 Å². The molecular formula is C12H16O7. The maximum Gasteiger partial charge on any atom is 0.334 e. The smallest absolute Gasteiger partial charge is 0.334 e. The van der Waals surface area contributed by atoms with Gasteiger partial charge in [-0.05, 0) is 12.8 Å². The third-order valence-electron chi connectivity index (χ3n) is 2.55. The molecule has 1 fully saturated rings. The molecule has 0 aliphatic carbocycles. The summed E-state index contributed by atoms with van der Waals surface area (Å²) in [5.74, 6) is -3.17. The highest BCUT2D eigenvalue weighted by Gasteiger charge is 2.20. The summed E-state index contributed by atoms with van der Waals surface area (Å²) in [7, 11) is 0. The number of hydrogen-bond acceptors (Lipinski definition) is 5. The molecule has 0 spiro atoms. The highest BCUT2D eigenvalue weighted by atomic mass is 16.6. The normalized spacial score (nSPS) is 19.2. The van der Waals surface area contributed by atoms with E-state index in [1.807, 2.05) is 0 Å². The molecule has 7 nitrogen and oxygen atoms in total. The van der Waals surface area contributed by atoms with Gasteiger partial charge in [-0.15, -0.1) is 0 Å². The summed E-state index contributed by atoms with van der Waals surface area (Å²) >= 11 is 0. The zero-order valence-corrected chi connectivity index (χ0v) is 10.3. The van der Waals surface area contributed by atoms with Crippen LogP contribution in [0.25, 0.3) is 0 Å². The molecule has 1 saturated heterocycles. The monoisotopic (exact) mass is 272 g/mol. The minimum absolute atomic E-state index is 0.0584. The van der Waals surface area contributed by atoms with Crippen molar-refractivity contribution in [3.05, 3.63) is 11.6 Å². The summed E-state index contributed by atoms with van der Waals surface area (Å²) in [4.78, 5) is 32.7. The van der Waals surface area contributed by atoms with E-state index in [1.54, 1.807) is 0 Å². The van der Waals surface area contributed by atoms with Crippen molar-refractivity contribution in [1.29, 1.82) is 0 Å². The second kappa shape index (κ2) is 7.52. The Balaban J connectivity index is 2.51. The van der Waals surface area contributed by atoms with Crippen molar-refractivity contribution >= 4 is 17.9 Å². The van der Waals surface area contributed by atoms with Crippen LogP contribution in [0.15, 0.2) is 11.6 Å². The summed E-state index contributed by atoms with van der Waals surface area (Å²) in [6, 6.07) is 0. The number of carboxylic acids is 2. The van der Waals surface area contributed by atoms with Crippen molar-refractivity contribution in [2.75, 3.05) is 13.2 Å². The minimum atomic E-state index is -1.22. The van der Waals surface area contributed by atoms with Crippen LogP contribution in [0.2, 0.25) is 0 Å². The molecule has 1 unspecified atom stereocenters. The first-order valence-corrected chi connectivity index (χ1v) is 5.90. The Morgan fingerprint density at radius 1 is 1.26 bits per heavy atom. The van der Waals surface area contributed by atoms with Gasteiger partial charge in [-0.25, -0.2) is 4.79 Å². The van der Waals surface area contributed by atoms with Gasteiger partial charge in [0.1, 0.15) is 6.61 Å². The number of rotatable bonds is 7. The Morgan fingerprint density at radius 3 is 2.53 bits per heavy atom. The molecule has 1 rings (SSSR count). The van der Waals surface area contributed by atoms with E-state index in [4.69, 9.17) is 19.7 Å². The standard InChI is InChI=1S/C12H16O7/c13-10(14)4-3-8(6-11(15)16)12(17)19-7-9-2-1-5-18-9/h3,9H,1-2,4-7H2,(H,13,14)(H,15,16). The number of carbonyl (C=O) groups is 3. The number of carboxylic acid groups (broad SMARTS) is 2. The molecule has 0 saturated carbocycles. The second-order valence-electron chi connectivity index (χ2n) is 4.13. The molecule has 0 aromatic heterocycles. The van der Waals surface area contributed by atoms with Crippen LogP contribution in [0.4, 0.5) is 0 Å². The van der Waals surface area contributed by atoms with Crippen LogP contribution >= 0.6 is 0 Å². The van der Waals surface area contributed by atoms with Gasteiger partial charge in [-0.3, -0.25) is 9.59 Å². The highest BCUT2D eigenvalue weighted by Crippen LogP contribution is 2.13. The zero-order valence-electron chi connectivity index (χ0n) is 10.3. The predicted molar refractivity (Wildman–Crippen MR) is 62.5 cm³/mol. The fourth-order valence-corrected chi connectivity index (χ4v) is 1.64. The molecule has 0 aromatic rings. The summed E-state index contributed by atoms with van der Waals surface area (Å²) in [5.41, 5.74) is -0.159. The van der Waals surface area contributed by atoms with Crippen molar-refractivity contribution in [2.45, 2.75) is 31.8 Å². The fraction of sp³-hybridized carbons (Fsp3) is 0.583. The predicted octanol–water partition coefficient (Wildman–Crippen LogP) is 0.584. The summed E-state index contributed by atoms with van der Waals surface area (Å²) < 4.78 is 10.2. The largest absolute Gasteiger partial charge is 0.481 e. The summed E-state index contributed by atoms with van der Waals surface area (Å²) in [5, 5.41) is 17.2. The molecule has 1 aliphatic heterocycles. The maximum absolute atomic E-state index is 11.6. The van der Waals surface area contributed by atoms with E-state index in [1.165, 1.54) is 0 Å². The van der Waals surface area contributed by atoms with Crippen LogP contribution < -0.4 is 0 Å². The van der Waals surface area contributed by atoms with Crippen molar-refractivity contribution in [3.63, 3.8) is 0 Å². The van der Waals surface area contributed by atoms with Crippen molar-refractivity contribution in [1.82, 2.24) is 0 Å². The van der Waals surface area contributed by atoms with Gasteiger partial charge in [0.2, 0.25) is 0 Å². The number of hydrogen-bond donors (Lipinski definition) is 2. The van der Waals surface area contributed by atoms with Gasteiger partial charge >= 0.3 is 17.9 Å². The lowest BCUT2D eigenvalue weighted by molar-refractivity contribution is -0.145. The molecule has 2 N–H and O–H groups in total. The van der Waals surface area contributed by atoms with E-state index in [9.17, 15) is 14.4 Å². The lowest BCUT2D eigenvalue weighted by Gasteiger charge is -2.11. The molecule has 0 aromatic carbocycles. The third kappa shape index (κ3) is 6.01. The Hall–Kier alpha value is -1.89. The van der Waals surface area contributed by atoms with Gasteiger partial charge < -0.3 is 19.7 Å². The number of aliphatic carboxylic acids is 2. The average molecular weight is 272 g/mol. The van der Waals surface area contributed by atoms with Crippen LogP contribution in [0, 0.1) is 0 Å². The Morgan fingerprint density at radius 2 is 2.00 bits per heavy atom. The number of ether oxygens (including phenoxy) is 2. The lowest BCUT2D eigenvalue weighted by atomic mass is 10.1. The van der Waals surface area contributed by atoms with Gasteiger partial charge in [0.15, 0.2) is 0 Å². The SMILES string of the molecule is O=C(O)CC=C(CC(=O)O)C(=O)OCC1CCCO1. The fourth-order valence-electron chi connectivity index (χ4n) is 1.64. The van der Waals surface area contributed by atoms with Crippen LogP contribution in [0.5, 0.6) is 0 Å². The van der Waals surface area contributed by atoms with E-state index >= 15 is 0 Å². The zero-order chi connectivity index (χ0) is 14.3. The van der Waals surface area contributed by atoms with E-state index in [0.717, 1.165) is 18.9 Å². The maximum atomic E-state index is 11.6. The van der Waals surface area contributed by atoms with Crippen molar-refractivity contribution < 1.29 is 34.1 Å². The quantitative estimate of drug-likeness (QED) is 0.515. The van der Waals surface area contributed by atoms with Crippen LogP contribution in [0.3, 0.4) is 0 Å². The van der Waals surface area contributed by atoms with Crippen molar-refractivity contribution in [3.8, 4) is 0 Å². The molecule has 19 heavy (non-hydrogen) atoms. The molecule has 7 heteroatoms. The van der Waals surface area contributed by atoms with E-state index in [0.29, 0.717) is 6.61 Å². The minimum Gasteiger partial charge on any atom is -0.481 e. The van der Waals surface area contributed by atoms with Gasteiger partial charge in [-0.2, -0.15) is 0 Å². The molecule has 1 heterocycles. The molecule has 106 valence electrons. The van der Waals surface area contributed by atoms with E-state index in [-0.39, 0.29) is 18.3 Å². The molecule has 0 bridgehead atoms. The second-order valence-corrected chi connectivity index (χ2v) is 4.13. The van der Waals surface area contributed by atoms with Crippen LogP contribution in [-0.4, -0.2) is 47.4 Å². The van der Waals surface area contributed by atoms with E-state index < -0.39 is 30.7 Å². The first-order valence-electron chi connectivity index (χ1n) is 5.90. The molecule has 0 amide bonds. The van der Waals surface area contributed by atoms with Gasteiger partial charge in [0.25, 0.3) is 0 Å². The summed E-state index contributed by atoms with van der Waals surface area (Å²) in [6.07, 6.45) is 1.62. The van der Waals surface area contributed by atoms with E-state index in [2.05, 4.69) is 0 Å². The first-order chi connectivity index (χ1) is 8.99. The Bertz CT molecular complexity index is 380. The Labute approximate surface area is 109 Å². The molecular weight excluding hydrogens is 256 g/mol. The van der Waals surface area contributed by atoms with Crippen LogP contribution in [-0.2, 0) is 23.9 Å². The van der Waals surface area contributed by atoms with Gasteiger partial charge in [0, 0.05) is 12.2 Å². The highest BCUT2D eigenvalue weighted by molar-refractivity contribution is 5.94. The first kappa shape index (κ1) is 15.2. The molecule has 1 atom stereocenters. The topological polar surface area (TPSA) is 110 Å². The summed E-state index contributed by atoms with van der Waals surface area (Å²) in [6.45, 7) is 0.682. The number of esters is 1. The third-order valence-corrected chi connectivity index (χ3v) is 2.55. The number of carbonyl (C=O) groups excluding carboxylic acids is 1. The van der Waals surface area contributed by atoms with Gasteiger partial charge in [-0.1, -0.05) is 6.08 Å². The van der Waals surface area contributed by atoms with Crippen LogP contribution in [0.1, 0.15) is 25.7 Å². The lowest BCUT2D eigenvalue weighted by Crippen LogP contribution is -2.20.